The van der Waals surface area contributed by atoms with Crippen molar-refractivity contribution in [3.63, 3.8) is 0 Å². The summed E-state index contributed by atoms with van der Waals surface area (Å²) in [6.07, 6.45) is 11.0. The van der Waals surface area contributed by atoms with Crippen molar-refractivity contribution >= 4 is 17.7 Å². The molecular formula is C18H35N3O3. The van der Waals surface area contributed by atoms with Crippen LogP contribution in [0, 0.1) is 0 Å². The van der Waals surface area contributed by atoms with E-state index < -0.39 is 0 Å². The van der Waals surface area contributed by atoms with Gasteiger partial charge in [-0.15, -0.1) is 0 Å². The van der Waals surface area contributed by atoms with Gasteiger partial charge in [-0.05, 0) is 32.1 Å². The van der Waals surface area contributed by atoms with Crippen LogP contribution in [0.2, 0.25) is 0 Å². The quantitative estimate of drug-likeness (QED) is 0.629. The predicted molar refractivity (Wildman–Crippen MR) is 96.0 cm³/mol. The summed E-state index contributed by atoms with van der Waals surface area (Å²) in [7, 11) is 0. The third kappa shape index (κ3) is 14.0. The van der Waals surface area contributed by atoms with Gasteiger partial charge in [-0.2, -0.15) is 0 Å². The number of carbonyl (C=O) groups is 3. The minimum absolute atomic E-state index is 0.182. The smallest absolute Gasteiger partial charge is 0.222 e. The van der Waals surface area contributed by atoms with Gasteiger partial charge in [0, 0.05) is 32.4 Å². The average molecular weight is 341 g/mol. The SMILES string of the molecule is CCCCCC(N)=O.NC(=O)CCCCC(=O)N1CCCCCC1. The highest BCUT2D eigenvalue weighted by Gasteiger charge is 2.14. The molecule has 0 aromatic carbocycles. The van der Waals surface area contributed by atoms with Gasteiger partial charge in [0.1, 0.15) is 0 Å². The number of primary amides is 2. The van der Waals surface area contributed by atoms with E-state index >= 15 is 0 Å². The lowest BCUT2D eigenvalue weighted by atomic mass is 10.1. The van der Waals surface area contributed by atoms with Crippen LogP contribution in [0.4, 0.5) is 0 Å². The van der Waals surface area contributed by atoms with Crippen LogP contribution < -0.4 is 11.5 Å². The number of hydrogen-bond donors (Lipinski definition) is 2. The molecule has 1 heterocycles. The first-order chi connectivity index (χ1) is 11.5. The Kier molecular flexibility index (Phi) is 14.0. The molecule has 0 saturated carbocycles. The summed E-state index contributed by atoms with van der Waals surface area (Å²) in [6.45, 7) is 3.92. The Hall–Kier alpha value is -1.59. The van der Waals surface area contributed by atoms with Crippen LogP contribution in [0.25, 0.3) is 0 Å². The Labute approximate surface area is 146 Å². The standard InChI is InChI=1S/C12H22N2O2.C6H13NO/c13-11(15)7-3-4-8-12(16)14-9-5-1-2-6-10-14;1-2-3-4-5-6(7)8/h1-10H2,(H2,13,15);2-5H2,1H3,(H2,7,8). The summed E-state index contributed by atoms with van der Waals surface area (Å²) >= 11 is 0. The van der Waals surface area contributed by atoms with E-state index in [2.05, 4.69) is 6.92 Å². The highest BCUT2D eigenvalue weighted by molar-refractivity contribution is 5.76. The molecule has 0 bridgehead atoms. The van der Waals surface area contributed by atoms with Crippen LogP contribution in [0.1, 0.15) is 84.0 Å². The minimum atomic E-state index is -0.276. The maximum absolute atomic E-state index is 11.8. The van der Waals surface area contributed by atoms with Crippen LogP contribution >= 0.6 is 0 Å². The van der Waals surface area contributed by atoms with Gasteiger partial charge in [-0.1, -0.05) is 32.6 Å². The van der Waals surface area contributed by atoms with Crippen LogP contribution in [0.5, 0.6) is 0 Å². The van der Waals surface area contributed by atoms with E-state index in [0.29, 0.717) is 19.3 Å². The number of hydrogen-bond acceptors (Lipinski definition) is 3. The topological polar surface area (TPSA) is 106 Å². The molecule has 0 unspecified atom stereocenters. The summed E-state index contributed by atoms with van der Waals surface area (Å²) in [5.74, 6) is -0.216. The highest BCUT2D eigenvalue weighted by atomic mass is 16.2. The van der Waals surface area contributed by atoms with E-state index in [1.165, 1.54) is 12.8 Å². The molecule has 0 radical (unpaired) electrons. The first-order valence-electron chi connectivity index (χ1n) is 9.31. The largest absolute Gasteiger partial charge is 0.370 e. The number of likely N-dealkylation sites (tertiary alicyclic amines) is 1. The van der Waals surface area contributed by atoms with Crippen molar-refractivity contribution in [1.82, 2.24) is 4.90 Å². The average Bonchev–Trinajstić information content (AvgIpc) is 2.81. The minimum Gasteiger partial charge on any atom is -0.370 e. The van der Waals surface area contributed by atoms with E-state index in [1.54, 1.807) is 0 Å². The molecule has 0 aromatic rings. The van der Waals surface area contributed by atoms with Crippen LogP contribution in [-0.4, -0.2) is 35.7 Å². The van der Waals surface area contributed by atoms with Gasteiger partial charge in [0.05, 0.1) is 0 Å². The summed E-state index contributed by atoms with van der Waals surface area (Å²) in [6, 6.07) is 0. The van der Waals surface area contributed by atoms with Gasteiger partial charge in [0.25, 0.3) is 0 Å². The number of nitrogens with zero attached hydrogens (tertiary/aromatic N) is 1. The second-order valence-electron chi connectivity index (χ2n) is 6.39. The van der Waals surface area contributed by atoms with Crippen molar-refractivity contribution in [2.75, 3.05) is 13.1 Å². The second kappa shape index (κ2) is 15.0. The molecule has 0 atom stereocenters. The van der Waals surface area contributed by atoms with Crippen LogP contribution in [0.3, 0.4) is 0 Å². The summed E-state index contributed by atoms with van der Waals surface area (Å²) in [5, 5.41) is 0. The molecule has 1 saturated heterocycles. The molecule has 6 nitrogen and oxygen atoms in total. The molecule has 0 spiro atoms. The lowest BCUT2D eigenvalue weighted by molar-refractivity contribution is -0.131. The van der Waals surface area contributed by atoms with E-state index in [4.69, 9.17) is 11.5 Å². The molecule has 1 rings (SSSR count). The molecule has 3 amide bonds. The van der Waals surface area contributed by atoms with Gasteiger partial charge in [-0.25, -0.2) is 0 Å². The highest BCUT2D eigenvalue weighted by Crippen LogP contribution is 2.12. The molecule has 1 aliphatic rings. The van der Waals surface area contributed by atoms with E-state index in [9.17, 15) is 14.4 Å². The zero-order chi connectivity index (χ0) is 18.2. The van der Waals surface area contributed by atoms with Crippen molar-refractivity contribution in [2.45, 2.75) is 84.0 Å². The van der Waals surface area contributed by atoms with E-state index in [0.717, 1.165) is 58.0 Å². The molecule has 1 aliphatic heterocycles. The fourth-order valence-electron chi connectivity index (χ4n) is 2.60. The number of unbranched alkanes of at least 4 members (excludes halogenated alkanes) is 3. The summed E-state index contributed by atoms with van der Waals surface area (Å²) in [5.41, 5.74) is 9.93. The maximum Gasteiger partial charge on any atom is 0.222 e. The monoisotopic (exact) mass is 341 g/mol. The number of carbonyl (C=O) groups excluding carboxylic acids is 3. The fourth-order valence-corrected chi connectivity index (χ4v) is 2.60. The van der Waals surface area contributed by atoms with Gasteiger partial charge in [0.2, 0.25) is 17.7 Å². The van der Waals surface area contributed by atoms with Crippen molar-refractivity contribution in [1.29, 1.82) is 0 Å². The van der Waals surface area contributed by atoms with Gasteiger partial charge in [0.15, 0.2) is 0 Å². The van der Waals surface area contributed by atoms with Gasteiger partial charge < -0.3 is 16.4 Å². The zero-order valence-electron chi connectivity index (χ0n) is 15.2. The Morgan fingerprint density at radius 1 is 0.750 bits per heavy atom. The first kappa shape index (κ1) is 22.4. The second-order valence-corrected chi connectivity index (χ2v) is 6.39. The molecule has 24 heavy (non-hydrogen) atoms. The summed E-state index contributed by atoms with van der Waals surface area (Å²) in [4.78, 5) is 34.4. The molecule has 0 aliphatic carbocycles. The lowest BCUT2D eigenvalue weighted by Crippen LogP contribution is -2.31. The van der Waals surface area contributed by atoms with Crippen molar-refractivity contribution in [2.24, 2.45) is 11.5 Å². The molecule has 6 heteroatoms. The number of nitrogens with two attached hydrogens (primary N) is 2. The Bertz CT molecular complexity index is 365. The van der Waals surface area contributed by atoms with E-state index in [-0.39, 0.29) is 17.7 Å². The van der Waals surface area contributed by atoms with E-state index in [1.807, 2.05) is 4.90 Å². The lowest BCUT2D eigenvalue weighted by Gasteiger charge is -2.20. The normalized spacial score (nSPS) is 14.3. The number of amides is 3. The van der Waals surface area contributed by atoms with Crippen molar-refractivity contribution in [3.05, 3.63) is 0 Å². The maximum atomic E-state index is 11.8. The Morgan fingerprint density at radius 2 is 1.21 bits per heavy atom. The molecular weight excluding hydrogens is 306 g/mol. The van der Waals surface area contributed by atoms with Gasteiger partial charge >= 0.3 is 0 Å². The summed E-state index contributed by atoms with van der Waals surface area (Å²) < 4.78 is 0. The Balaban J connectivity index is 0.000000561. The third-order valence-corrected chi connectivity index (χ3v) is 4.05. The molecule has 1 fully saturated rings. The van der Waals surface area contributed by atoms with Crippen LogP contribution in [0.15, 0.2) is 0 Å². The predicted octanol–water partition coefficient (Wildman–Crippen LogP) is 2.49. The van der Waals surface area contributed by atoms with Crippen LogP contribution in [-0.2, 0) is 14.4 Å². The molecule has 0 aromatic heterocycles. The first-order valence-corrected chi connectivity index (χ1v) is 9.31. The Morgan fingerprint density at radius 3 is 1.67 bits per heavy atom. The fraction of sp³-hybridized carbons (Fsp3) is 0.833. The zero-order valence-corrected chi connectivity index (χ0v) is 15.2. The third-order valence-electron chi connectivity index (χ3n) is 4.05. The van der Waals surface area contributed by atoms with Crippen molar-refractivity contribution < 1.29 is 14.4 Å². The van der Waals surface area contributed by atoms with Gasteiger partial charge in [-0.3, -0.25) is 14.4 Å². The molecule has 4 N–H and O–H groups in total. The molecule has 140 valence electrons. The number of rotatable bonds is 9. The van der Waals surface area contributed by atoms with Crippen molar-refractivity contribution in [3.8, 4) is 0 Å².